The molecular formula is C19H24FN3O. The van der Waals surface area contributed by atoms with Gasteiger partial charge in [-0.25, -0.2) is 4.39 Å². The van der Waals surface area contributed by atoms with Gasteiger partial charge in [0.15, 0.2) is 0 Å². The Hall–Kier alpha value is -2.11. The van der Waals surface area contributed by atoms with Gasteiger partial charge in [-0.2, -0.15) is 0 Å². The Morgan fingerprint density at radius 3 is 2.38 bits per heavy atom. The zero-order valence-corrected chi connectivity index (χ0v) is 14.0. The van der Waals surface area contributed by atoms with E-state index in [4.69, 9.17) is 10.5 Å². The largest absolute Gasteiger partial charge is 0.496 e. The van der Waals surface area contributed by atoms with Crippen LogP contribution in [0.15, 0.2) is 42.5 Å². The molecule has 2 aromatic carbocycles. The second kappa shape index (κ2) is 7.64. The number of rotatable bonds is 5. The second-order valence-electron chi connectivity index (χ2n) is 6.25. The van der Waals surface area contributed by atoms with E-state index >= 15 is 0 Å². The van der Waals surface area contributed by atoms with E-state index in [2.05, 4.69) is 15.9 Å². The lowest BCUT2D eigenvalue weighted by Crippen LogP contribution is -2.45. The Morgan fingerprint density at radius 1 is 1.00 bits per heavy atom. The Bertz CT molecular complexity index is 684. The minimum Gasteiger partial charge on any atom is -0.496 e. The summed E-state index contributed by atoms with van der Waals surface area (Å²) in [4.78, 5) is 4.77. The SMILES string of the molecule is COc1ccc(F)cc1CN1CCN(Cc2cccc(N)c2)CC1. The summed E-state index contributed by atoms with van der Waals surface area (Å²) >= 11 is 0. The maximum absolute atomic E-state index is 13.5. The summed E-state index contributed by atoms with van der Waals surface area (Å²) in [6.07, 6.45) is 0. The van der Waals surface area contributed by atoms with E-state index in [1.54, 1.807) is 19.2 Å². The molecule has 5 heteroatoms. The van der Waals surface area contributed by atoms with Crippen LogP contribution in [0, 0.1) is 5.82 Å². The fourth-order valence-corrected chi connectivity index (χ4v) is 3.17. The first-order valence-electron chi connectivity index (χ1n) is 8.25. The zero-order valence-electron chi connectivity index (χ0n) is 14.0. The average Bonchev–Trinajstić information content (AvgIpc) is 2.57. The maximum atomic E-state index is 13.5. The van der Waals surface area contributed by atoms with Crippen LogP contribution >= 0.6 is 0 Å². The van der Waals surface area contributed by atoms with E-state index in [0.29, 0.717) is 6.54 Å². The van der Waals surface area contributed by atoms with Gasteiger partial charge in [0.25, 0.3) is 0 Å². The Kier molecular flexibility index (Phi) is 5.33. The number of nitrogen functional groups attached to an aromatic ring is 1. The second-order valence-corrected chi connectivity index (χ2v) is 6.25. The lowest BCUT2D eigenvalue weighted by Gasteiger charge is -2.35. The number of benzene rings is 2. The van der Waals surface area contributed by atoms with E-state index in [-0.39, 0.29) is 5.82 Å². The van der Waals surface area contributed by atoms with Crippen LogP contribution in [0.3, 0.4) is 0 Å². The summed E-state index contributed by atoms with van der Waals surface area (Å²) in [5.74, 6) is 0.532. The molecule has 1 fully saturated rings. The molecule has 2 aromatic rings. The van der Waals surface area contributed by atoms with Gasteiger partial charge in [0.1, 0.15) is 11.6 Å². The van der Waals surface area contributed by atoms with Gasteiger partial charge in [0, 0.05) is 50.5 Å². The van der Waals surface area contributed by atoms with E-state index in [0.717, 1.165) is 49.7 Å². The van der Waals surface area contributed by atoms with E-state index < -0.39 is 0 Å². The molecule has 0 aliphatic carbocycles. The topological polar surface area (TPSA) is 41.7 Å². The van der Waals surface area contributed by atoms with Gasteiger partial charge in [-0.3, -0.25) is 9.80 Å². The molecule has 0 radical (unpaired) electrons. The minimum atomic E-state index is -0.217. The van der Waals surface area contributed by atoms with Crippen LogP contribution < -0.4 is 10.5 Å². The smallest absolute Gasteiger partial charge is 0.123 e. The number of anilines is 1. The highest BCUT2D eigenvalue weighted by atomic mass is 19.1. The highest BCUT2D eigenvalue weighted by Crippen LogP contribution is 2.22. The lowest BCUT2D eigenvalue weighted by molar-refractivity contribution is 0.121. The highest BCUT2D eigenvalue weighted by Gasteiger charge is 2.18. The summed E-state index contributed by atoms with van der Waals surface area (Å²) in [6.45, 7) is 5.54. The molecule has 128 valence electrons. The van der Waals surface area contributed by atoms with Gasteiger partial charge in [-0.1, -0.05) is 12.1 Å². The Labute approximate surface area is 142 Å². The van der Waals surface area contributed by atoms with Crippen molar-refractivity contribution >= 4 is 5.69 Å². The molecule has 0 bridgehead atoms. The van der Waals surface area contributed by atoms with E-state index in [1.807, 2.05) is 18.2 Å². The van der Waals surface area contributed by atoms with Crippen molar-refractivity contribution < 1.29 is 9.13 Å². The molecule has 4 nitrogen and oxygen atoms in total. The molecule has 1 heterocycles. The number of hydrogen-bond acceptors (Lipinski definition) is 4. The van der Waals surface area contributed by atoms with Crippen LogP contribution in [-0.4, -0.2) is 43.1 Å². The molecule has 0 saturated carbocycles. The number of ether oxygens (including phenoxy) is 1. The van der Waals surface area contributed by atoms with Crippen molar-refractivity contribution in [1.29, 1.82) is 0 Å². The molecule has 0 unspecified atom stereocenters. The first-order chi connectivity index (χ1) is 11.6. The summed E-state index contributed by atoms with van der Waals surface area (Å²) in [5.41, 5.74) is 8.80. The van der Waals surface area contributed by atoms with E-state index in [9.17, 15) is 4.39 Å². The third kappa shape index (κ3) is 4.24. The van der Waals surface area contributed by atoms with Crippen molar-refractivity contribution in [2.75, 3.05) is 39.0 Å². The molecule has 0 atom stereocenters. The van der Waals surface area contributed by atoms with Gasteiger partial charge in [-0.15, -0.1) is 0 Å². The Morgan fingerprint density at radius 2 is 1.71 bits per heavy atom. The van der Waals surface area contributed by atoms with Crippen molar-refractivity contribution in [3.8, 4) is 5.75 Å². The van der Waals surface area contributed by atoms with Crippen molar-refractivity contribution in [1.82, 2.24) is 9.80 Å². The van der Waals surface area contributed by atoms with Crippen LogP contribution in [-0.2, 0) is 13.1 Å². The summed E-state index contributed by atoms with van der Waals surface area (Å²) in [7, 11) is 1.63. The van der Waals surface area contributed by atoms with Crippen molar-refractivity contribution in [3.05, 3.63) is 59.4 Å². The van der Waals surface area contributed by atoms with Crippen molar-refractivity contribution in [3.63, 3.8) is 0 Å². The van der Waals surface area contributed by atoms with Crippen molar-refractivity contribution in [2.45, 2.75) is 13.1 Å². The van der Waals surface area contributed by atoms with Crippen LogP contribution in [0.5, 0.6) is 5.75 Å². The number of piperazine rings is 1. The molecule has 0 spiro atoms. The van der Waals surface area contributed by atoms with Gasteiger partial charge >= 0.3 is 0 Å². The molecule has 24 heavy (non-hydrogen) atoms. The van der Waals surface area contributed by atoms with Gasteiger partial charge in [0.05, 0.1) is 7.11 Å². The first-order valence-corrected chi connectivity index (χ1v) is 8.25. The highest BCUT2D eigenvalue weighted by molar-refractivity contribution is 5.40. The quantitative estimate of drug-likeness (QED) is 0.857. The molecule has 0 amide bonds. The van der Waals surface area contributed by atoms with Crippen LogP contribution in [0.2, 0.25) is 0 Å². The molecule has 1 saturated heterocycles. The Balaban J connectivity index is 1.55. The number of methoxy groups -OCH3 is 1. The van der Waals surface area contributed by atoms with Crippen molar-refractivity contribution in [2.24, 2.45) is 0 Å². The fraction of sp³-hybridized carbons (Fsp3) is 0.368. The molecular weight excluding hydrogens is 305 g/mol. The number of halogens is 1. The predicted octanol–water partition coefficient (Wildman–Crippen LogP) is 2.73. The molecule has 1 aliphatic rings. The number of nitrogens with zero attached hydrogens (tertiary/aromatic N) is 2. The molecule has 2 N–H and O–H groups in total. The minimum absolute atomic E-state index is 0.217. The van der Waals surface area contributed by atoms with Crippen LogP contribution in [0.25, 0.3) is 0 Å². The number of nitrogens with two attached hydrogens (primary N) is 1. The zero-order chi connectivity index (χ0) is 16.9. The van der Waals surface area contributed by atoms with E-state index in [1.165, 1.54) is 11.6 Å². The number of hydrogen-bond donors (Lipinski definition) is 1. The summed E-state index contributed by atoms with van der Waals surface area (Å²) in [6, 6.07) is 12.7. The monoisotopic (exact) mass is 329 g/mol. The van der Waals surface area contributed by atoms with Crippen LogP contribution in [0.4, 0.5) is 10.1 Å². The molecule has 3 rings (SSSR count). The third-order valence-corrected chi connectivity index (χ3v) is 4.46. The third-order valence-electron chi connectivity index (χ3n) is 4.46. The lowest BCUT2D eigenvalue weighted by atomic mass is 10.1. The fourth-order valence-electron chi connectivity index (χ4n) is 3.17. The molecule has 0 aromatic heterocycles. The predicted molar refractivity (Wildman–Crippen MR) is 94.4 cm³/mol. The first kappa shape index (κ1) is 16.7. The van der Waals surface area contributed by atoms with Gasteiger partial charge < -0.3 is 10.5 Å². The summed E-state index contributed by atoms with van der Waals surface area (Å²) < 4.78 is 18.8. The van der Waals surface area contributed by atoms with Gasteiger partial charge in [-0.05, 0) is 35.9 Å². The summed E-state index contributed by atoms with van der Waals surface area (Å²) in [5, 5.41) is 0. The normalized spacial score (nSPS) is 16.2. The van der Waals surface area contributed by atoms with Crippen LogP contribution in [0.1, 0.15) is 11.1 Å². The maximum Gasteiger partial charge on any atom is 0.123 e. The average molecular weight is 329 g/mol. The molecule has 1 aliphatic heterocycles. The van der Waals surface area contributed by atoms with Gasteiger partial charge in [0.2, 0.25) is 0 Å². The standard InChI is InChI=1S/C19H24FN3O/c1-24-19-6-5-17(20)12-16(19)14-23-9-7-22(8-10-23)13-15-3-2-4-18(21)11-15/h2-6,11-12H,7-10,13-14,21H2,1H3.